The maximum atomic E-state index is 12.9. The second-order valence-electron chi connectivity index (χ2n) is 7.63. The summed E-state index contributed by atoms with van der Waals surface area (Å²) in [7, 11) is -3.97. The number of benzene rings is 2. The van der Waals surface area contributed by atoms with Crippen LogP contribution in [-0.2, 0) is 14.8 Å². The van der Waals surface area contributed by atoms with Crippen LogP contribution in [0, 0.1) is 5.92 Å². The van der Waals surface area contributed by atoms with Crippen LogP contribution in [0.5, 0.6) is 5.75 Å². The summed E-state index contributed by atoms with van der Waals surface area (Å²) < 4.78 is 28.0. The van der Waals surface area contributed by atoms with Gasteiger partial charge in [-0.05, 0) is 49.2 Å². The van der Waals surface area contributed by atoms with E-state index in [1.165, 1.54) is 24.3 Å². The van der Waals surface area contributed by atoms with Gasteiger partial charge >= 0.3 is 0 Å². The summed E-state index contributed by atoms with van der Waals surface area (Å²) in [6.07, 6.45) is 6.28. The standard InChI is InChI=1S/C22H22ClN5O4S/c23-16-4-1-5-17(11-16)27-33(31,32)18-6-7-20(29)19(12-18)26-22(30)15-3-2-10-28(14-15)21-13-24-8-9-25-21/h1,4-9,11-13,15,27,29H,2-3,10,14H2,(H,26,30). The van der Waals surface area contributed by atoms with Gasteiger partial charge in [-0.3, -0.25) is 14.5 Å². The Morgan fingerprint density at radius 2 is 2.03 bits per heavy atom. The molecule has 1 amide bonds. The number of halogens is 1. The number of phenolic OH excluding ortho intramolecular Hbond substituents is 1. The largest absolute Gasteiger partial charge is 0.506 e. The van der Waals surface area contributed by atoms with E-state index in [-0.39, 0.29) is 28.2 Å². The van der Waals surface area contributed by atoms with Crippen molar-refractivity contribution in [3.05, 3.63) is 66.1 Å². The number of carbonyl (C=O) groups is 1. The van der Waals surface area contributed by atoms with Gasteiger partial charge in [0.2, 0.25) is 5.91 Å². The van der Waals surface area contributed by atoms with Crippen molar-refractivity contribution >= 4 is 44.7 Å². The predicted molar refractivity (Wildman–Crippen MR) is 126 cm³/mol. The number of nitrogens with zero attached hydrogens (tertiary/aromatic N) is 3. The summed E-state index contributed by atoms with van der Waals surface area (Å²) in [6, 6.07) is 10.0. The highest BCUT2D eigenvalue weighted by Crippen LogP contribution is 2.29. The number of hydrogen-bond donors (Lipinski definition) is 3. The molecule has 1 aliphatic heterocycles. The number of rotatable bonds is 6. The van der Waals surface area contributed by atoms with Crippen LogP contribution in [0.1, 0.15) is 12.8 Å². The monoisotopic (exact) mass is 487 g/mol. The van der Waals surface area contributed by atoms with Crippen molar-refractivity contribution in [2.75, 3.05) is 28.0 Å². The van der Waals surface area contributed by atoms with Gasteiger partial charge in [0.15, 0.2) is 0 Å². The minimum atomic E-state index is -3.97. The number of nitrogens with one attached hydrogen (secondary N) is 2. The molecule has 1 aliphatic rings. The molecule has 1 fully saturated rings. The number of carbonyl (C=O) groups excluding carboxylic acids is 1. The normalized spacial score (nSPS) is 16.3. The first-order valence-corrected chi connectivity index (χ1v) is 12.1. The van der Waals surface area contributed by atoms with Crippen molar-refractivity contribution in [1.29, 1.82) is 0 Å². The topological polar surface area (TPSA) is 125 Å². The fourth-order valence-electron chi connectivity index (χ4n) is 3.64. The lowest BCUT2D eigenvalue weighted by Gasteiger charge is -2.32. The first-order chi connectivity index (χ1) is 15.8. The third-order valence-electron chi connectivity index (χ3n) is 5.28. The Labute approximate surface area is 196 Å². The molecule has 3 aromatic rings. The van der Waals surface area contributed by atoms with Gasteiger partial charge < -0.3 is 15.3 Å². The molecule has 11 heteroatoms. The van der Waals surface area contributed by atoms with E-state index in [0.717, 1.165) is 13.0 Å². The van der Waals surface area contributed by atoms with Gasteiger partial charge in [-0.1, -0.05) is 17.7 Å². The SMILES string of the molecule is O=C(Nc1cc(S(=O)(=O)Nc2cccc(Cl)c2)ccc1O)C1CCCN(c2cnccn2)C1. The maximum absolute atomic E-state index is 12.9. The van der Waals surface area contributed by atoms with E-state index in [0.29, 0.717) is 29.5 Å². The van der Waals surface area contributed by atoms with Gasteiger partial charge in [0, 0.05) is 30.5 Å². The van der Waals surface area contributed by atoms with Crippen molar-refractivity contribution in [2.45, 2.75) is 17.7 Å². The van der Waals surface area contributed by atoms with Gasteiger partial charge in [-0.15, -0.1) is 0 Å². The number of piperidine rings is 1. The maximum Gasteiger partial charge on any atom is 0.261 e. The zero-order valence-corrected chi connectivity index (χ0v) is 19.1. The molecule has 0 radical (unpaired) electrons. The van der Waals surface area contributed by atoms with Crippen LogP contribution in [0.3, 0.4) is 0 Å². The van der Waals surface area contributed by atoms with Crippen LogP contribution < -0.4 is 14.9 Å². The lowest BCUT2D eigenvalue weighted by Crippen LogP contribution is -2.41. The third kappa shape index (κ3) is 5.52. The van der Waals surface area contributed by atoms with Crippen LogP contribution in [0.25, 0.3) is 0 Å². The molecule has 1 aromatic heterocycles. The highest BCUT2D eigenvalue weighted by atomic mass is 35.5. The fourth-order valence-corrected chi connectivity index (χ4v) is 4.90. The molecule has 1 atom stereocenters. The molecule has 4 rings (SSSR count). The molecule has 2 heterocycles. The van der Waals surface area contributed by atoms with E-state index in [4.69, 9.17) is 11.6 Å². The molecule has 0 spiro atoms. The van der Waals surface area contributed by atoms with Crippen molar-refractivity contribution in [2.24, 2.45) is 5.92 Å². The summed E-state index contributed by atoms with van der Waals surface area (Å²) in [5.74, 6) is -0.203. The minimum Gasteiger partial charge on any atom is -0.506 e. The van der Waals surface area contributed by atoms with E-state index in [1.807, 2.05) is 4.90 Å². The Morgan fingerprint density at radius 3 is 2.79 bits per heavy atom. The summed E-state index contributed by atoms with van der Waals surface area (Å²) in [5.41, 5.74) is 0.318. The Hall–Kier alpha value is -3.37. The Kier molecular flexibility index (Phi) is 6.66. The first kappa shape index (κ1) is 22.8. The van der Waals surface area contributed by atoms with Crippen molar-refractivity contribution in [3.8, 4) is 5.75 Å². The summed E-state index contributed by atoms with van der Waals surface area (Å²) >= 11 is 5.92. The van der Waals surface area contributed by atoms with Crippen LogP contribution in [0.15, 0.2) is 66.0 Å². The predicted octanol–water partition coefficient (Wildman–Crippen LogP) is 3.49. The number of hydrogen-bond acceptors (Lipinski definition) is 7. The summed E-state index contributed by atoms with van der Waals surface area (Å²) in [4.78, 5) is 23.1. The van der Waals surface area contributed by atoms with Crippen molar-refractivity contribution in [3.63, 3.8) is 0 Å². The van der Waals surface area contributed by atoms with Crippen LogP contribution >= 0.6 is 11.6 Å². The van der Waals surface area contributed by atoms with E-state index >= 15 is 0 Å². The zero-order valence-electron chi connectivity index (χ0n) is 17.5. The summed E-state index contributed by atoms with van der Waals surface area (Å²) in [5, 5.41) is 13.3. The van der Waals surface area contributed by atoms with E-state index < -0.39 is 10.0 Å². The molecule has 2 aromatic carbocycles. The van der Waals surface area contributed by atoms with E-state index in [9.17, 15) is 18.3 Å². The molecule has 1 saturated heterocycles. The number of aromatic nitrogens is 2. The van der Waals surface area contributed by atoms with Gasteiger partial charge in [0.1, 0.15) is 11.6 Å². The average Bonchev–Trinajstić information content (AvgIpc) is 2.81. The van der Waals surface area contributed by atoms with Crippen LogP contribution in [0.4, 0.5) is 17.2 Å². The molecule has 3 N–H and O–H groups in total. The molecule has 172 valence electrons. The van der Waals surface area contributed by atoms with Crippen LogP contribution in [-0.4, -0.2) is 42.5 Å². The number of amides is 1. The lowest BCUT2D eigenvalue weighted by atomic mass is 9.97. The van der Waals surface area contributed by atoms with E-state index in [2.05, 4.69) is 20.0 Å². The Bertz CT molecular complexity index is 1260. The second-order valence-corrected chi connectivity index (χ2v) is 9.75. The molecule has 0 saturated carbocycles. The fraction of sp³-hybridized carbons (Fsp3) is 0.227. The van der Waals surface area contributed by atoms with E-state index in [1.54, 1.807) is 36.8 Å². The molecule has 0 aliphatic carbocycles. The van der Waals surface area contributed by atoms with Crippen molar-refractivity contribution in [1.82, 2.24) is 9.97 Å². The quantitative estimate of drug-likeness (QED) is 0.454. The lowest BCUT2D eigenvalue weighted by molar-refractivity contribution is -0.120. The van der Waals surface area contributed by atoms with Gasteiger partial charge in [0.05, 0.1) is 28.4 Å². The number of phenols is 1. The molecule has 9 nitrogen and oxygen atoms in total. The molecule has 0 bridgehead atoms. The molecule has 1 unspecified atom stereocenters. The number of aromatic hydroxyl groups is 1. The van der Waals surface area contributed by atoms with Gasteiger partial charge in [0.25, 0.3) is 10.0 Å². The second kappa shape index (κ2) is 9.63. The first-order valence-electron chi connectivity index (χ1n) is 10.2. The minimum absolute atomic E-state index is 0.0191. The Morgan fingerprint density at radius 1 is 1.18 bits per heavy atom. The molecule has 33 heavy (non-hydrogen) atoms. The Balaban J connectivity index is 1.49. The number of anilines is 3. The highest BCUT2D eigenvalue weighted by molar-refractivity contribution is 7.92. The third-order valence-corrected chi connectivity index (χ3v) is 6.89. The van der Waals surface area contributed by atoms with Crippen molar-refractivity contribution < 1.29 is 18.3 Å². The van der Waals surface area contributed by atoms with Gasteiger partial charge in [-0.25, -0.2) is 13.4 Å². The smallest absolute Gasteiger partial charge is 0.261 e. The summed E-state index contributed by atoms with van der Waals surface area (Å²) in [6.45, 7) is 1.20. The molecular weight excluding hydrogens is 466 g/mol. The molecular formula is C22H22ClN5O4S. The number of sulfonamides is 1. The average molecular weight is 488 g/mol. The zero-order chi connectivity index (χ0) is 23.4. The highest BCUT2D eigenvalue weighted by Gasteiger charge is 2.27. The van der Waals surface area contributed by atoms with Crippen LogP contribution in [0.2, 0.25) is 5.02 Å². The van der Waals surface area contributed by atoms with Gasteiger partial charge in [-0.2, -0.15) is 0 Å².